The van der Waals surface area contributed by atoms with Gasteiger partial charge in [0.1, 0.15) is 0 Å². The molecule has 0 saturated heterocycles. The van der Waals surface area contributed by atoms with Crippen molar-refractivity contribution in [3.05, 3.63) is 39.3 Å². The Balaban J connectivity index is 2.18. The minimum Gasteiger partial charge on any atom is -0.320 e. The first kappa shape index (κ1) is 11.2. The Morgan fingerprint density at radius 3 is 2.94 bits per heavy atom. The van der Waals surface area contributed by atoms with Crippen molar-refractivity contribution in [2.75, 3.05) is 5.32 Å². The van der Waals surface area contributed by atoms with Crippen LogP contribution >= 0.6 is 27.5 Å². The number of benzene rings is 1. The standard InChI is InChI=1S/C10H8BrN3OS/c1-6-2-3-8(7(11)4-6)12-10(15)9-5-16-14-13-9/h2-5H,1H3,(H,12,15). The molecule has 1 N–H and O–H groups in total. The van der Waals surface area contributed by atoms with Crippen LogP contribution in [0.3, 0.4) is 0 Å². The largest absolute Gasteiger partial charge is 0.320 e. The summed E-state index contributed by atoms with van der Waals surface area (Å²) in [4.78, 5) is 11.7. The molecule has 0 bridgehead atoms. The fourth-order valence-electron chi connectivity index (χ4n) is 1.17. The number of nitrogens with one attached hydrogen (secondary N) is 1. The number of amides is 1. The molecule has 0 unspecified atom stereocenters. The average Bonchev–Trinajstić information content (AvgIpc) is 2.75. The van der Waals surface area contributed by atoms with Crippen molar-refractivity contribution in [3.63, 3.8) is 0 Å². The molecule has 1 amide bonds. The van der Waals surface area contributed by atoms with Gasteiger partial charge in [0, 0.05) is 9.85 Å². The first-order valence-electron chi connectivity index (χ1n) is 4.51. The van der Waals surface area contributed by atoms with Crippen molar-refractivity contribution in [1.29, 1.82) is 0 Å². The van der Waals surface area contributed by atoms with Crippen LogP contribution in [0.15, 0.2) is 28.1 Å². The Morgan fingerprint density at radius 2 is 2.31 bits per heavy atom. The summed E-state index contributed by atoms with van der Waals surface area (Å²) >= 11 is 4.54. The summed E-state index contributed by atoms with van der Waals surface area (Å²) in [6, 6.07) is 5.71. The van der Waals surface area contributed by atoms with E-state index < -0.39 is 0 Å². The summed E-state index contributed by atoms with van der Waals surface area (Å²) in [5.74, 6) is -0.252. The van der Waals surface area contributed by atoms with Crippen LogP contribution in [0.25, 0.3) is 0 Å². The van der Waals surface area contributed by atoms with E-state index in [2.05, 4.69) is 30.8 Å². The Morgan fingerprint density at radius 1 is 1.50 bits per heavy atom. The number of aryl methyl sites for hydroxylation is 1. The molecule has 0 aliphatic heterocycles. The quantitative estimate of drug-likeness (QED) is 0.927. The van der Waals surface area contributed by atoms with E-state index in [1.807, 2.05) is 25.1 Å². The zero-order chi connectivity index (χ0) is 11.5. The van der Waals surface area contributed by atoms with Crippen molar-refractivity contribution in [2.45, 2.75) is 6.92 Å². The van der Waals surface area contributed by atoms with E-state index in [1.165, 1.54) is 0 Å². The van der Waals surface area contributed by atoms with E-state index in [9.17, 15) is 4.79 Å². The number of hydrogen-bond acceptors (Lipinski definition) is 4. The van der Waals surface area contributed by atoms with Gasteiger partial charge in [-0.3, -0.25) is 4.79 Å². The van der Waals surface area contributed by atoms with Crippen molar-refractivity contribution in [2.24, 2.45) is 0 Å². The van der Waals surface area contributed by atoms with E-state index in [0.29, 0.717) is 5.69 Å². The molecule has 1 aromatic heterocycles. The third-order valence-corrected chi connectivity index (χ3v) is 3.13. The number of aromatic nitrogens is 2. The van der Waals surface area contributed by atoms with Gasteiger partial charge in [-0.15, -0.1) is 5.10 Å². The smallest absolute Gasteiger partial charge is 0.277 e. The molecule has 0 fully saturated rings. The molecule has 0 aliphatic rings. The van der Waals surface area contributed by atoms with Gasteiger partial charge in [0.05, 0.1) is 5.69 Å². The van der Waals surface area contributed by atoms with E-state index >= 15 is 0 Å². The maximum Gasteiger partial charge on any atom is 0.277 e. The van der Waals surface area contributed by atoms with Crippen molar-refractivity contribution in [3.8, 4) is 0 Å². The third kappa shape index (κ3) is 2.45. The van der Waals surface area contributed by atoms with Gasteiger partial charge in [-0.2, -0.15) is 0 Å². The lowest BCUT2D eigenvalue weighted by molar-refractivity contribution is 0.102. The average molecular weight is 298 g/mol. The summed E-state index contributed by atoms with van der Waals surface area (Å²) in [5, 5.41) is 8.07. The van der Waals surface area contributed by atoms with Crippen LogP contribution in [0.5, 0.6) is 0 Å². The number of halogens is 1. The topological polar surface area (TPSA) is 54.9 Å². The second kappa shape index (κ2) is 4.71. The second-order valence-electron chi connectivity index (χ2n) is 3.23. The van der Waals surface area contributed by atoms with Crippen LogP contribution in [-0.2, 0) is 0 Å². The van der Waals surface area contributed by atoms with Gasteiger partial charge in [-0.05, 0) is 52.1 Å². The molecule has 1 aromatic carbocycles. The van der Waals surface area contributed by atoms with Crippen LogP contribution in [0.4, 0.5) is 5.69 Å². The number of carbonyl (C=O) groups is 1. The summed E-state index contributed by atoms with van der Waals surface area (Å²) in [7, 11) is 0. The van der Waals surface area contributed by atoms with Crippen molar-refractivity contribution >= 4 is 39.1 Å². The Kier molecular flexibility index (Phi) is 3.31. The van der Waals surface area contributed by atoms with Crippen LogP contribution in [0.2, 0.25) is 0 Å². The molecule has 2 rings (SSSR count). The monoisotopic (exact) mass is 297 g/mol. The highest BCUT2D eigenvalue weighted by atomic mass is 79.9. The molecule has 6 heteroatoms. The highest BCUT2D eigenvalue weighted by Crippen LogP contribution is 2.23. The first-order chi connectivity index (χ1) is 7.66. The molecule has 1 heterocycles. The number of anilines is 1. The molecule has 4 nitrogen and oxygen atoms in total. The molecule has 16 heavy (non-hydrogen) atoms. The number of rotatable bonds is 2. The van der Waals surface area contributed by atoms with Gasteiger partial charge in [0.15, 0.2) is 5.69 Å². The maximum atomic E-state index is 11.7. The van der Waals surface area contributed by atoms with Crippen molar-refractivity contribution in [1.82, 2.24) is 9.59 Å². The highest BCUT2D eigenvalue weighted by molar-refractivity contribution is 9.10. The van der Waals surface area contributed by atoms with E-state index in [-0.39, 0.29) is 5.91 Å². The van der Waals surface area contributed by atoms with Crippen LogP contribution < -0.4 is 5.32 Å². The number of hydrogen-bond donors (Lipinski definition) is 1. The minimum atomic E-state index is -0.252. The van der Waals surface area contributed by atoms with Gasteiger partial charge in [0.2, 0.25) is 0 Å². The molecule has 0 atom stereocenters. The lowest BCUT2D eigenvalue weighted by Crippen LogP contribution is -2.12. The predicted octanol–water partition coefficient (Wildman–Crippen LogP) is 2.86. The fraction of sp³-hybridized carbons (Fsp3) is 0.100. The Bertz CT molecular complexity index is 513. The zero-order valence-corrected chi connectivity index (χ0v) is 10.8. The third-order valence-electron chi connectivity index (χ3n) is 1.97. The Labute approximate surface area is 105 Å². The van der Waals surface area contributed by atoms with E-state index in [1.54, 1.807) is 5.38 Å². The summed E-state index contributed by atoms with van der Waals surface area (Å²) in [6.45, 7) is 1.99. The van der Waals surface area contributed by atoms with Crippen molar-refractivity contribution < 1.29 is 4.79 Å². The van der Waals surface area contributed by atoms with Gasteiger partial charge >= 0.3 is 0 Å². The first-order valence-corrected chi connectivity index (χ1v) is 6.14. The Hall–Kier alpha value is -1.27. The predicted molar refractivity (Wildman–Crippen MR) is 66.7 cm³/mol. The molecule has 0 radical (unpaired) electrons. The van der Waals surface area contributed by atoms with Crippen LogP contribution in [0.1, 0.15) is 16.1 Å². The lowest BCUT2D eigenvalue weighted by Gasteiger charge is -2.06. The molecule has 0 saturated carbocycles. The van der Waals surface area contributed by atoms with E-state index in [0.717, 1.165) is 27.3 Å². The highest BCUT2D eigenvalue weighted by Gasteiger charge is 2.10. The minimum absolute atomic E-state index is 0.252. The van der Waals surface area contributed by atoms with Crippen LogP contribution in [0, 0.1) is 6.92 Å². The molecular weight excluding hydrogens is 290 g/mol. The second-order valence-corrected chi connectivity index (χ2v) is 4.69. The molecule has 0 spiro atoms. The van der Waals surface area contributed by atoms with E-state index in [4.69, 9.17) is 0 Å². The molecule has 82 valence electrons. The summed E-state index contributed by atoms with van der Waals surface area (Å²) < 4.78 is 4.49. The number of carbonyl (C=O) groups excluding carboxylic acids is 1. The number of nitrogens with zero attached hydrogens (tertiary/aromatic N) is 2. The maximum absolute atomic E-state index is 11.7. The summed E-state index contributed by atoms with van der Waals surface area (Å²) in [6.07, 6.45) is 0. The lowest BCUT2D eigenvalue weighted by atomic mass is 10.2. The van der Waals surface area contributed by atoms with Gasteiger partial charge in [-0.25, -0.2) is 0 Å². The molecule has 2 aromatic rings. The van der Waals surface area contributed by atoms with Gasteiger partial charge in [-0.1, -0.05) is 10.6 Å². The van der Waals surface area contributed by atoms with Gasteiger partial charge in [0.25, 0.3) is 5.91 Å². The SMILES string of the molecule is Cc1ccc(NC(=O)c2csnn2)c(Br)c1. The zero-order valence-electron chi connectivity index (χ0n) is 8.40. The fourth-order valence-corrected chi connectivity index (χ4v) is 2.20. The normalized spacial score (nSPS) is 10.1. The molecule has 0 aliphatic carbocycles. The molecular formula is C10H8BrN3OS. The summed E-state index contributed by atoms with van der Waals surface area (Å²) in [5.41, 5.74) is 2.18. The van der Waals surface area contributed by atoms with Gasteiger partial charge < -0.3 is 5.32 Å². The van der Waals surface area contributed by atoms with Crippen LogP contribution in [-0.4, -0.2) is 15.5 Å².